The molecular formula is C87H105N19O25. The van der Waals surface area contributed by atoms with E-state index >= 15 is 0 Å². The number of nitrogens with one attached hydrogen (secondary N) is 13. The van der Waals surface area contributed by atoms with Gasteiger partial charge in [0.25, 0.3) is 0 Å². The molecule has 44 nitrogen and oxygen atoms in total. The number of aromatic hydroxyl groups is 1. The second-order valence-electron chi connectivity index (χ2n) is 31.3. The highest BCUT2D eigenvalue weighted by molar-refractivity contribution is 6.06. The van der Waals surface area contributed by atoms with Crippen molar-refractivity contribution in [1.82, 2.24) is 88.8 Å². The molecule has 5 aromatic carbocycles. The number of hydrogen-bond acceptors (Lipinski definition) is 24. The molecule has 13 atom stereocenters. The summed E-state index contributed by atoms with van der Waals surface area (Å²) in [5.41, 5.74) is 18.8. The molecule has 698 valence electrons. The summed E-state index contributed by atoms with van der Waals surface area (Å²) in [7, 11) is 0. The lowest BCUT2D eigenvalue weighted by Crippen LogP contribution is -2.61. The van der Waals surface area contributed by atoms with Gasteiger partial charge in [-0.3, -0.25) is 86.3 Å². The number of primary amides is 1. The molecule has 0 aliphatic heterocycles. The van der Waals surface area contributed by atoms with Crippen molar-refractivity contribution in [3.8, 4) is 5.75 Å². The van der Waals surface area contributed by atoms with Crippen molar-refractivity contribution in [2.45, 2.75) is 184 Å². The van der Waals surface area contributed by atoms with Crippen molar-refractivity contribution in [2.75, 3.05) is 6.54 Å². The zero-order chi connectivity index (χ0) is 96.5. The zero-order valence-electron chi connectivity index (χ0n) is 71.9. The molecule has 131 heavy (non-hydrogen) atoms. The number of H-pyrrole nitrogens is 1. The highest BCUT2D eigenvalue weighted by Gasteiger charge is 2.40. The van der Waals surface area contributed by atoms with Crippen LogP contribution >= 0.6 is 0 Å². The van der Waals surface area contributed by atoms with Crippen LogP contribution in [0.2, 0.25) is 0 Å². The third-order valence-corrected chi connectivity index (χ3v) is 20.0. The molecule has 24 N–H and O–H groups in total. The van der Waals surface area contributed by atoms with Crippen LogP contribution in [0.4, 0.5) is 0 Å². The molecule has 7 rings (SSSR count). The maximum atomic E-state index is 14.4. The van der Waals surface area contributed by atoms with E-state index in [2.05, 4.69) is 62.8 Å². The molecule has 0 saturated carbocycles. The zero-order valence-corrected chi connectivity index (χ0v) is 71.9. The van der Waals surface area contributed by atoms with E-state index in [1.165, 1.54) is 56.9 Å². The van der Waals surface area contributed by atoms with Gasteiger partial charge < -0.3 is 116 Å². The average molecular weight is 1820 g/mol. The number of amides is 13. The van der Waals surface area contributed by atoms with Gasteiger partial charge in [-0.15, -0.1) is 5.10 Å². The fourth-order valence-electron chi connectivity index (χ4n) is 13.4. The SMILES string of the molecule is CC(C)C[C@H](NC(=O)[C@@H](NC(=O)[C@@H](NC(=O)[C@H](CC(=O)O)NC(=O)[C@H](CC(=O)O)NC(=O)[C@H](CC(=O)O)NC(=O)[C@H](CC(=O)O)NC(=O)[C@H](CC(=O)O)NC(=O)C(N)Cc1cn(Cc2ccc(C(=C(c3ccccc3)c3ccccc3)c3ccccc3)cc2)nn1)C(C)C)c1c[nH]cn1)C(=O)NCC(=O)N[C@@H](CCc1ccc(O)cc1)C(=O)N[C@@H](C)C(=O)N[C@H](C(N)=O)C(C)O. The number of nitrogens with two attached hydrogens (primary N) is 2. The summed E-state index contributed by atoms with van der Waals surface area (Å²) < 4.78 is 1.47. The second-order valence-corrected chi connectivity index (χ2v) is 31.3. The van der Waals surface area contributed by atoms with E-state index in [9.17, 15) is 122 Å². The number of carbonyl (C=O) groups excluding carboxylic acids is 13. The standard InChI is InChI=1S/C87H105N19O25/c1-44(2)32-58(79(123)91-40-65(109)94-57(31-26-48-24-29-55(108)30-25-48)80(124)93-46(5)77(121)102-74(47(6)107)76(89)120)100-87(131)75(64-39-90-43-92-64)103-86(130)73(45(3)4)101-85(129)63(38-70(118)119)99-84(128)62(37-69(116)117)98-83(127)61(36-68(114)115)97-82(126)60(35-67(112)113)96-81(125)59(34-66(110)111)95-78(122)56(88)33-54-42-106(105-104-54)41-49-22-27-53(28-23-49)72(52-20-14-9-15-21-52)71(50-16-10-7-11-17-50)51-18-12-8-13-19-51/h7-25,27-30,39,42-47,56-63,73-75,107-108H,26,31-38,40-41,88H2,1-6H3,(H2,89,120)(H,90,92)(H,91,123)(H,93,124)(H,94,109)(H,95,122)(H,96,125)(H,97,126)(H,98,127)(H,99,128)(H,100,131)(H,101,129)(H,102,121)(H,103,130)(H,110,111)(H,112,113)(H,114,115)(H,116,117)(H,118,119)/t46-,47?,56?,57-,58-,59-,60-,61-,62-,63-,73-,74-,75-/m0/s1. The van der Waals surface area contributed by atoms with Gasteiger partial charge in [0.15, 0.2) is 6.04 Å². The summed E-state index contributed by atoms with van der Waals surface area (Å²) in [5, 5.41) is 104. The molecule has 0 fully saturated rings. The molecule has 2 heterocycles. The number of benzene rings is 5. The van der Waals surface area contributed by atoms with Crippen LogP contribution in [0.25, 0.3) is 11.1 Å². The van der Waals surface area contributed by atoms with Crippen molar-refractivity contribution < 1.29 is 122 Å². The van der Waals surface area contributed by atoms with Crippen molar-refractivity contribution in [3.05, 3.63) is 203 Å². The number of phenolic OH excluding ortho intramolecular Hbond substituents is 1. The van der Waals surface area contributed by atoms with Crippen molar-refractivity contribution >= 4 is 118 Å². The summed E-state index contributed by atoms with van der Waals surface area (Å²) in [6, 6.07) is 20.9. The minimum atomic E-state index is -2.42. The predicted octanol–water partition coefficient (Wildman–Crippen LogP) is -1.95. The fourth-order valence-corrected chi connectivity index (χ4v) is 13.4. The van der Waals surface area contributed by atoms with E-state index in [-0.39, 0.29) is 55.3 Å². The molecule has 44 heteroatoms. The van der Waals surface area contributed by atoms with Crippen molar-refractivity contribution in [2.24, 2.45) is 23.3 Å². The maximum Gasteiger partial charge on any atom is 0.305 e. The number of imidazole rings is 1. The predicted molar refractivity (Wildman–Crippen MR) is 462 cm³/mol. The Kier molecular flexibility index (Phi) is 38.7. The van der Waals surface area contributed by atoms with E-state index in [0.29, 0.717) is 5.56 Å². The Labute approximate surface area is 748 Å². The Morgan fingerprint density at radius 1 is 0.435 bits per heavy atom. The van der Waals surface area contributed by atoms with Gasteiger partial charge in [-0.25, -0.2) is 9.67 Å². The van der Waals surface area contributed by atoms with Crippen LogP contribution in [-0.4, -0.2) is 246 Å². The van der Waals surface area contributed by atoms with E-state index in [4.69, 9.17) is 11.5 Å². The number of aromatic amines is 1. The Hall–Kier alpha value is -15.6. The topological polar surface area (TPSA) is 705 Å². The van der Waals surface area contributed by atoms with Gasteiger partial charge in [-0.2, -0.15) is 0 Å². The first kappa shape index (κ1) is 102. The minimum absolute atomic E-state index is 0.0634. The number of aliphatic hydroxyl groups excluding tert-OH is 1. The second kappa shape index (κ2) is 49.5. The number of aryl methyl sites for hydroxylation is 1. The smallest absolute Gasteiger partial charge is 0.305 e. The van der Waals surface area contributed by atoms with Crippen molar-refractivity contribution in [1.29, 1.82) is 0 Å². The van der Waals surface area contributed by atoms with Gasteiger partial charge in [-0.1, -0.05) is 160 Å². The number of carboxylic acids is 5. The summed E-state index contributed by atoms with van der Waals surface area (Å²) in [5.74, 6) is -26.9. The third kappa shape index (κ3) is 32.6. The van der Waals surface area contributed by atoms with Gasteiger partial charge >= 0.3 is 29.8 Å². The number of aromatic nitrogens is 5. The highest BCUT2D eigenvalue weighted by Crippen LogP contribution is 2.37. The van der Waals surface area contributed by atoms with Crippen molar-refractivity contribution in [3.63, 3.8) is 0 Å². The highest BCUT2D eigenvalue weighted by atomic mass is 16.4. The summed E-state index contributed by atoms with van der Waals surface area (Å²) in [6.07, 6.45) is -4.95. The summed E-state index contributed by atoms with van der Waals surface area (Å²) in [6.45, 7) is 7.87. The first-order chi connectivity index (χ1) is 62.0. The van der Waals surface area contributed by atoms with Crippen LogP contribution < -0.4 is 75.3 Å². The first-order valence-electron chi connectivity index (χ1n) is 41.1. The lowest BCUT2D eigenvalue weighted by atomic mass is 9.85. The Morgan fingerprint density at radius 2 is 0.847 bits per heavy atom. The summed E-state index contributed by atoms with van der Waals surface area (Å²) in [4.78, 5) is 247. The number of rotatable bonds is 51. The van der Waals surface area contributed by atoms with Gasteiger partial charge in [0.1, 0.15) is 66.2 Å². The normalized spacial score (nSPS) is 14.0. The number of aliphatic carboxylic acids is 5. The molecule has 2 aromatic heterocycles. The summed E-state index contributed by atoms with van der Waals surface area (Å²) >= 11 is 0. The van der Waals surface area contributed by atoms with Crippen LogP contribution in [0, 0.1) is 11.8 Å². The average Bonchev–Trinajstić information content (AvgIpc) is 0.931. The van der Waals surface area contributed by atoms with E-state index < -0.39 is 230 Å². The monoisotopic (exact) mass is 1820 g/mol. The largest absolute Gasteiger partial charge is 0.508 e. The molecule has 7 aromatic rings. The van der Waals surface area contributed by atoms with Gasteiger partial charge in [0.2, 0.25) is 76.8 Å². The minimum Gasteiger partial charge on any atom is -0.508 e. The molecule has 0 aliphatic carbocycles. The lowest BCUT2D eigenvalue weighted by molar-refractivity contribution is -0.145. The van der Waals surface area contributed by atoms with Crippen LogP contribution in [0.15, 0.2) is 158 Å². The van der Waals surface area contributed by atoms with Crippen LogP contribution in [0.3, 0.4) is 0 Å². The maximum absolute atomic E-state index is 14.4. The number of nitrogens with zero attached hydrogens (tertiary/aromatic N) is 4. The van der Waals surface area contributed by atoms with E-state index in [1.807, 2.05) is 137 Å². The molecule has 0 radical (unpaired) electrons. The van der Waals surface area contributed by atoms with Crippen LogP contribution in [0.5, 0.6) is 5.75 Å². The molecule has 13 amide bonds. The van der Waals surface area contributed by atoms with E-state index in [0.717, 1.165) is 45.3 Å². The number of carbonyl (C=O) groups is 18. The van der Waals surface area contributed by atoms with Crippen LogP contribution in [0.1, 0.15) is 137 Å². The molecule has 0 spiro atoms. The number of aliphatic hydroxyl groups is 1. The third-order valence-electron chi connectivity index (χ3n) is 20.0. The molecular weight excluding hydrogens is 1710 g/mol. The lowest BCUT2D eigenvalue weighted by Gasteiger charge is -2.28. The molecule has 0 saturated heterocycles. The van der Waals surface area contributed by atoms with Crippen LogP contribution in [-0.2, 0) is 106 Å². The van der Waals surface area contributed by atoms with Gasteiger partial charge in [-0.05, 0) is 102 Å². The van der Waals surface area contributed by atoms with Gasteiger partial charge in [0, 0.05) is 18.8 Å². The Bertz CT molecular complexity index is 5210. The van der Waals surface area contributed by atoms with E-state index in [1.54, 1.807) is 26.0 Å². The Morgan fingerprint density at radius 3 is 1.26 bits per heavy atom. The fraction of sp³-hybridized carbons (Fsp3) is 0.368. The molecule has 2 unspecified atom stereocenters. The number of carboxylic acid groups (broad SMARTS) is 5. The quantitative estimate of drug-likeness (QED) is 0.0184. The van der Waals surface area contributed by atoms with Gasteiger partial charge in [0.05, 0.1) is 75.1 Å². The number of phenols is 1. The Balaban J connectivity index is 0.983. The molecule has 0 aliphatic rings. The number of hydrogen-bond donors (Lipinski definition) is 22. The first-order valence-corrected chi connectivity index (χ1v) is 41.1. The molecule has 0 bridgehead atoms.